The molecule has 3 rings (SSSR count). The van der Waals surface area contributed by atoms with Crippen molar-refractivity contribution in [1.82, 2.24) is 0 Å². The maximum absolute atomic E-state index is 6.26. The highest BCUT2D eigenvalue weighted by molar-refractivity contribution is 7.10. The molecule has 13 heavy (non-hydrogen) atoms. The lowest BCUT2D eigenvalue weighted by atomic mass is 9.84. The first-order valence-electron chi connectivity index (χ1n) is 5.15. The zero-order chi connectivity index (χ0) is 8.84. The molecule has 4 atom stereocenters. The summed E-state index contributed by atoms with van der Waals surface area (Å²) >= 11 is 1.88. The molecule has 1 aromatic rings. The summed E-state index contributed by atoms with van der Waals surface area (Å²) in [6.45, 7) is 0. The highest BCUT2D eigenvalue weighted by Gasteiger charge is 2.46. The zero-order valence-electron chi connectivity index (χ0n) is 7.65. The Morgan fingerprint density at radius 3 is 2.77 bits per heavy atom. The van der Waals surface area contributed by atoms with Crippen molar-refractivity contribution in [3.63, 3.8) is 0 Å². The molecule has 2 fully saturated rings. The lowest BCUT2D eigenvalue weighted by Gasteiger charge is -2.27. The van der Waals surface area contributed by atoms with Crippen LogP contribution in [-0.4, -0.2) is 6.04 Å². The van der Waals surface area contributed by atoms with Crippen LogP contribution in [0, 0.1) is 11.8 Å². The van der Waals surface area contributed by atoms with Crippen LogP contribution in [0.3, 0.4) is 0 Å². The smallest absolute Gasteiger partial charge is 0.0147 e. The molecule has 70 valence electrons. The van der Waals surface area contributed by atoms with Gasteiger partial charge in [-0.25, -0.2) is 0 Å². The van der Waals surface area contributed by atoms with Crippen LogP contribution in [0.4, 0.5) is 0 Å². The molecule has 0 amide bonds. The van der Waals surface area contributed by atoms with Crippen molar-refractivity contribution in [3.05, 3.63) is 22.4 Å². The van der Waals surface area contributed by atoms with Gasteiger partial charge in [0.25, 0.3) is 0 Å². The maximum Gasteiger partial charge on any atom is 0.0147 e. The molecule has 0 saturated heterocycles. The molecule has 0 radical (unpaired) electrons. The lowest BCUT2D eigenvalue weighted by molar-refractivity contribution is 0.370. The Labute approximate surface area is 83.0 Å². The number of rotatable bonds is 1. The molecule has 2 aliphatic rings. The molecule has 4 unspecified atom stereocenters. The Morgan fingerprint density at radius 2 is 2.15 bits per heavy atom. The number of thiophene rings is 1. The summed E-state index contributed by atoms with van der Waals surface area (Å²) in [6.07, 6.45) is 4.19. The predicted molar refractivity (Wildman–Crippen MR) is 55.9 cm³/mol. The van der Waals surface area contributed by atoms with E-state index in [2.05, 4.69) is 17.5 Å². The number of hydrogen-bond donors (Lipinski definition) is 1. The fourth-order valence-corrected chi connectivity index (χ4v) is 4.22. The van der Waals surface area contributed by atoms with Crippen LogP contribution in [0.5, 0.6) is 0 Å². The van der Waals surface area contributed by atoms with Crippen molar-refractivity contribution in [2.45, 2.75) is 31.2 Å². The molecule has 2 N–H and O–H groups in total. The Bertz CT molecular complexity index is 291. The topological polar surface area (TPSA) is 26.0 Å². The number of hydrogen-bond acceptors (Lipinski definition) is 2. The maximum atomic E-state index is 6.26. The molecule has 0 spiro atoms. The van der Waals surface area contributed by atoms with Crippen LogP contribution < -0.4 is 5.73 Å². The summed E-state index contributed by atoms with van der Waals surface area (Å²) in [5.41, 5.74) is 6.26. The van der Waals surface area contributed by atoms with E-state index in [-0.39, 0.29) is 0 Å². The van der Waals surface area contributed by atoms with Crippen LogP contribution in [-0.2, 0) is 0 Å². The third-order valence-corrected chi connectivity index (χ3v) is 4.83. The molecule has 2 bridgehead atoms. The van der Waals surface area contributed by atoms with Crippen LogP contribution in [0.2, 0.25) is 0 Å². The van der Waals surface area contributed by atoms with Gasteiger partial charge in [-0.05, 0) is 42.5 Å². The fourth-order valence-electron chi connectivity index (χ4n) is 3.24. The van der Waals surface area contributed by atoms with Gasteiger partial charge in [-0.2, -0.15) is 0 Å². The second-order valence-electron chi connectivity index (χ2n) is 4.45. The van der Waals surface area contributed by atoms with Gasteiger partial charge in [-0.15, -0.1) is 11.3 Å². The number of nitrogens with two attached hydrogens (primary N) is 1. The van der Waals surface area contributed by atoms with Gasteiger partial charge >= 0.3 is 0 Å². The molecule has 2 aliphatic carbocycles. The summed E-state index contributed by atoms with van der Waals surface area (Å²) in [5, 5.41) is 2.17. The average molecular weight is 193 g/mol. The molecule has 0 aliphatic heterocycles. The Kier molecular flexibility index (Phi) is 1.74. The van der Waals surface area contributed by atoms with Gasteiger partial charge in [-0.1, -0.05) is 6.07 Å². The van der Waals surface area contributed by atoms with Gasteiger partial charge in [0, 0.05) is 16.8 Å². The van der Waals surface area contributed by atoms with Crippen molar-refractivity contribution in [2.75, 3.05) is 0 Å². The van der Waals surface area contributed by atoms with E-state index in [0.717, 1.165) is 11.8 Å². The minimum absolute atomic E-state index is 0.456. The summed E-state index contributed by atoms with van der Waals surface area (Å²) in [7, 11) is 0. The van der Waals surface area contributed by atoms with Gasteiger partial charge < -0.3 is 5.73 Å². The van der Waals surface area contributed by atoms with Crippen molar-refractivity contribution < 1.29 is 0 Å². The Morgan fingerprint density at radius 1 is 1.31 bits per heavy atom. The summed E-state index contributed by atoms with van der Waals surface area (Å²) in [5.74, 6) is 2.43. The van der Waals surface area contributed by atoms with Crippen LogP contribution >= 0.6 is 11.3 Å². The van der Waals surface area contributed by atoms with E-state index in [1.54, 1.807) is 0 Å². The molecule has 0 aromatic carbocycles. The highest BCUT2D eigenvalue weighted by atomic mass is 32.1. The first-order chi connectivity index (χ1) is 6.36. The first-order valence-corrected chi connectivity index (χ1v) is 6.03. The Hall–Kier alpha value is -0.340. The van der Waals surface area contributed by atoms with E-state index in [4.69, 9.17) is 5.73 Å². The third kappa shape index (κ3) is 1.09. The second kappa shape index (κ2) is 2.82. The van der Waals surface area contributed by atoms with Crippen molar-refractivity contribution in [1.29, 1.82) is 0 Å². The van der Waals surface area contributed by atoms with Gasteiger partial charge in [-0.3, -0.25) is 0 Å². The van der Waals surface area contributed by atoms with Crippen LogP contribution in [0.15, 0.2) is 17.5 Å². The van der Waals surface area contributed by atoms with E-state index in [1.165, 1.54) is 24.1 Å². The molecule has 1 heterocycles. The van der Waals surface area contributed by atoms with Gasteiger partial charge in [0.2, 0.25) is 0 Å². The molecule has 2 heteroatoms. The summed E-state index contributed by atoms with van der Waals surface area (Å²) < 4.78 is 0. The van der Waals surface area contributed by atoms with E-state index in [9.17, 15) is 0 Å². The van der Waals surface area contributed by atoms with E-state index < -0.39 is 0 Å². The predicted octanol–water partition coefficient (Wildman–Crippen LogP) is 2.59. The van der Waals surface area contributed by atoms with Crippen molar-refractivity contribution in [2.24, 2.45) is 17.6 Å². The fraction of sp³-hybridized carbons (Fsp3) is 0.636. The minimum atomic E-state index is 0.456. The largest absolute Gasteiger partial charge is 0.327 e. The van der Waals surface area contributed by atoms with Crippen LogP contribution in [0.25, 0.3) is 0 Å². The van der Waals surface area contributed by atoms with Crippen molar-refractivity contribution >= 4 is 11.3 Å². The normalized spacial score (nSPS) is 42.8. The summed E-state index contributed by atoms with van der Waals surface area (Å²) in [6, 6.07) is 4.87. The van der Waals surface area contributed by atoms with E-state index in [1.807, 2.05) is 11.3 Å². The van der Waals surface area contributed by atoms with Crippen molar-refractivity contribution in [3.8, 4) is 0 Å². The highest BCUT2D eigenvalue weighted by Crippen LogP contribution is 2.52. The van der Waals surface area contributed by atoms with Gasteiger partial charge in [0.05, 0.1) is 0 Å². The molecule has 1 aromatic heterocycles. The monoisotopic (exact) mass is 193 g/mol. The standard InChI is InChI=1S/C11H15NS/c12-11-8-4-3-7(6-8)10(11)9-2-1-5-13-9/h1-2,5,7-8,10-11H,3-4,6,12H2. The number of fused-ring (bicyclic) bond motifs is 2. The quantitative estimate of drug-likeness (QED) is 0.729. The van der Waals surface area contributed by atoms with Gasteiger partial charge in [0.15, 0.2) is 0 Å². The SMILES string of the molecule is NC1C2CCC(C2)C1c1cccs1. The Balaban J connectivity index is 1.93. The third-order valence-electron chi connectivity index (χ3n) is 3.85. The van der Waals surface area contributed by atoms with Crippen LogP contribution in [0.1, 0.15) is 30.1 Å². The minimum Gasteiger partial charge on any atom is -0.327 e. The van der Waals surface area contributed by atoms with Gasteiger partial charge in [0.1, 0.15) is 0 Å². The average Bonchev–Trinajstić information content (AvgIpc) is 2.76. The molecule has 1 nitrogen and oxygen atoms in total. The molecule has 2 saturated carbocycles. The second-order valence-corrected chi connectivity index (χ2v) is 5.43. The van der Waals surface area contributed by atoms with E-state index >= 15 is 0 Å². The lowest BCUT2D eigenvalue weighted by Crippen LogP contribution is -2.33. The van der Waals surface area contributed by atoms with E-state index in [0.29, 0.717) is 12.0 Å². The summed E-state index contributed by atoms with van der Waals surface area (Å²) in [4.78, 5) is 1.53. The molecular weight excluding hydrogens is 178 g/mol. The first kappa shape index (κ1) is 8.01. The molecular formula is C11H15NS. The zero-order valence-corrected chi connectivity index (χ0v) is 8.46.